The summed E-state index contributed by atoms with van der Waals surface area (Å²) in [5, 5.41) is 13.1. The van der Waals surface area contributed by atoms with Gasteiger partial charge in [-0.15, -0.1) is 11.8 Å². The summed E-state index contributed by atoms with van der Waals surface area (Å²) < 4.78 is 14.6. The zero-order chi connectivity index (χ0) is 22.8. The molecule has 1 atom stereocenters. The van der Waals surface area contributed by atoms with E-state index in [4.69, 9.17) is 0 Å². The summed E-state index contributed by atoms with van der Waals surface area (Å²) in [5.41, 5.74) is 2.28. The van der Waals surface area contributed by atoms with Crippen LogP contribution in [-0.2, 0) is 4.79 Å². The minimum Gasteiger partial charge on any atom is -0.322 e. The summed E-state index contributed by atoms with van der Waals surface area (Å²) in [5.74, 6) is -0.984. The molecule has 1 saturated heterocycles. The lowest BCUT2D eigenvalue weighted by molar-refractivity contribution is -0.384. The van der Waals surface area contributed by atoms with Crippen molar-refractivity contribution in [1.82, 2.24) is 0 Å². The second-order valence-electron chi connectivity index (χ2n) is 7.23. The molecule has 9 heteroatoms. The molecule has 0 saturated carbocycles. The fraction of sp³-hybridized carbons (Fsp3) is 0.130. The topological polar surface area (TPSA) is 92.6 Å². The van der Waals surface area contributed by atoms with E-state index >= 15 is 0 Å². The molecule has 0 bridgehead atoms. The van der Waals surface area contributed by atoms with Crippen molar-refractivity contribution in [3.8, 4) is 0 Å². The van der Waals surface area contributed by atoms with Gasteiger partial charge in [-0.05, 0) is 42.8 Å². The van der Waals surface area contributed by atoms with Crippen LogP contribution in [0.5, 0.6) is 0 Å². The number of nitro benzene ring substituents is 1. The van der Waals surface area contributed by atoms with E-state index in [9.17, 15) is 24.1 Å². The maximum Gasteiger partial charge on any atom is 0.269 e. The Morgan fingerprint density at radius 3 is 2.59 bits per heavy atom. The Kier molecular flexibility index (Phi) is 5.91. The van der Waals surface area contributed by atoms with Crippen LogP contribution in [0.1, 0.15) is 26.9 Å². The van der Waals surface area contributed by atoms with E-state index in [0.29, 0.717) is 11.3 Å². The van der Waals surface area contributed by atoms with Gasteiger partial charge in [0.2, 0.25) is 5.91 Å². The molecule has 0 aromatic heterocycles. The summed E-state index contributed by atoms with van der Waals surface area (Å²) in [6.07, 6.45) is 0. The molecule has 0 spiro atoms. The smallest absolute Gasteiger partial charge is 0.269 e. The number of nitro groups is 1. The minimum absolute atomic E-state index is 0.112. The fourth-order valence-corrected chi connectivity index (χ4v) is 4.68. The number of halogens is 1. The quantitative estimate of drug-likeness (QED) is 0.432. The zero-order valence-corrected chi connectivity index (χ0v) is 17.8. The van der Waals surface area contributed by atoms with Gasteiger partial charge in [0.1, 0.15) is 11.2 Å². The number of non-ortho nitro benzene ring substituents is 1. The van der Waals surface area contributed by atoms with Crippen molar-refractivity contribution in [2.45, 2.75) is 12.3 Å². The molecule has 0 radical (unpaired) electrons. The SMILES string of the molecule is Cc1ccc(F)c(N2C(=O)CSC2c2ccccc2NC(=O)c2ccc([N+](=O)[O-])cc2)c1. The zero-order valence-electron chi connectivity index (χ0n) is 16.9. The van der Waals surface area contributed by atoms with E-state index < -0.39 is 22.0 Å². The first-order valence-electron chi connectivity index (χ1n) is 9.69. The number of para-hydroxylation sites is 1. The maximum absolute atomic E-state index is 14.6. The van der Waals surface area contributed by atoms with Gasteiger partial charge in [-0.25, -0.2) is 4.39 Å². The lowest BCUT2D eigenvalue weighted by Crippen LogP contribution is -2.29. The standard InChI is InChI=1S/C23H18FN3O4S/c1-14-6-11-18(24)20(12-14)26-21(28)13-32-23(26)17-4-2-3-5-19(17)25-22(29)15-7-9-16(10-8-15)27(30)31/h2-12,23H,13H2,1H3,(H,25,29). The normalized spacial score (nSPS) is 15.6. The van der Waals surface area contributed by atoms with E-state index in [0.717, 1.165) is 5.56 Å². The van der Waals surface area contributed by atoms with Gasteiger partial charge in [-0.1, -0.05) is 24.3 Å². The third-order valence-corrected chi connectivity index (χ3v) is 6.24. The van der Waals surface area contributed by atoms with Crippen molar-refractivity contribution >= 4 is 40.6 Å². The van der Waals surface area contributed by atoms with Crippen LogP contribution in [0.3, 0.4) is 0 Å². The number of benzene rings is 3. The first-order chi connectivity index (χ1) is 15.3. The van der Waals surface area contributed by atoms with Crippen molar-refractivity contribution in [3.63, 3.8) is 0 Å². The van der Waals surface area contributed by atoms with Crippen LogP contribution < -0.4 is 10.2 Å². The number of aryl methyl sites for hydroxylation is 1. The number of rotatable bonds is 5. The van der Waals surface area contributed by atoms with Gasteiger partial charge in [-0.2, -0.15) is 0 Å². The van der Waals surface area contributed by atoms with Gasteiger partial charge in [0.25, 0.3) is 11.6 Å². The molecule has 1 aliphatic rings. The number of nitrogens with zero attached hydrogens (tertiary/aromatic N) is 2. The third-order valence-electron chi connectivity index (χ3n) is 5.04. The molecular weight excluding hydrogens is 433 g/mol. The molecule has 0 aliphatic carbocycles. The van der Waals surface area contributed by atoms with Crippen molar-refractivity contribution in [2.24, 2.45) is 0 Å². The molecule has 3 aromatic carbocycles. The molecule has 4 rings (SSSR count). The van der Waals surface area contributed by atoms with Crippen molar-refractivity contribution in [2.75, 3.05) is 16.0 Å². The molecule has 1 heterocycles. The maximum atomic E-state index is 14.6. The average molecular weight is 451 g/mol. The molecule has 7 nitrogen and oxygen atoms in total. The Balaban J connectivity index is 1.65. The summed E-state index contributed by atoms with van der Waals surface area (Å²) >= 11 is 1.35. The Bertz CT molecular complexity index is 1220. The summed E-state index contributed by atoms with van der Waals surface area (Å²) in [4.78, 5) is 37.1. The van der Waals surface area contributed by atoms with Gasteiger partial charge >= 0.3 is 0 Å². The molecule has 1 fully saturated rings. The van der Waals surface area contributed by atoms with Gasteiger partial charge in [0.15, 0.2) is 0 Å². The number of thioether (sulfide) groups is 1. The van der Waals surface area contributed by atoms with E-state index in [-0.39, 0.29) is 28.6 Å². The molecule has 32 heavy (non-hydrogen) atoms. The summed E-state index contributed by atoms with van der Waals surface area (Å²) in [6.45, 7) is 1.82. The minimum atomic E-state index is -0.537. The lowest BCUT2D eigenvalue weighted by Gasteiger charge is -2.26. The van der Waals surface area contributed by atoms with Crippen LogP contribution in [0.2, 0.25) is 0 Å². The Morgan fingerprint density at radius 2 is 1.88 bits per heavy atom. The van der Waals surface area contributed by atoms with Crippen LogP contribution in [0, 0.1) is 22.9 Å². The molecule has 3 aromatic rings. The lowest BCUT2D eigenvalue weighted by atomic mass is 10.1. The molecular formula is C23H18FN3O4S. The van der Waals surface area contributed by atoms with Gasteiger partial charge in [0.05, 0.1) is 16.4 Å². The van der Waals surface area contributed by atoms with Crippen LogP contribution >= 0.6 is 11.8 Å². The predicted molar refractivity (Wildman–Crippen MR) is 121 cm³/mol. The monoisotopic (exact) mass is 451 g/mol. The second-order valence-corrected chi connectivity index (χ2v) is 8.30. The van der Waals surface area contributed by atoms with Gasteiger partial charge < -0.3 is 5.32 Å². The highest BCUT2D eigenvalue weighted by molar-refractivity contribution is 8.00. The first kappa shape index (κ1) is 21.5. The van der Waals surface area contributed by atoms with Gasteiger partial charge in [-0.3, -0.25) is 24.6 Å². The Morgan fingerprint density at radius 1 is 1.16 bits per heavy atom. The number of hydrogen-bond donors (Lipinski definition) is 1. The van der Waals surface area contributed by atoms with E-state index in [2.05, 4.69) is 5.32 Å². The highest BCUT2D eigenvalue weighted by atomic mass is 32.2. The van der Waals surface area contributed by atoms with E-state index in [1.54, 1.807) is 36.4 Å². The van der Waals surface area contributed by atoms with Crippen LogP contribution in [0.25, 0.3) is 0 Å². The molecule has 162 valence electrons. The van der Waals surface area contributed by atoms with E-state index in [1.165, 1.54) is 47.0 Å². The van der Waals surface area contributed by atoms with Crippen LogP contribution in [0.4, 0.5) is 21.5 Å². The number of nitrogens with one attached hydrogen (secondary N) is 1. The van der Waals surface area contributed by atoms with Gasteiger partial charge in [0, 0.05) is 28.9 Å². The predicted octanol–water partition coefficient (Wildman–Crippen LogP) is 5.07. The van der Waals surface area contributed by atoms with E-state index in [1.807, 2.05) is 6.92 Å². The Hall–Kier alpha value is -3.72. The number of amides is 2. The molecule has 2 amide bonds. The third kappa shape index (κ3) is 4.19. The van der Waals surface area contributed by atoms with Crippen molar-refractivity contribution < 1.29 is 18.9 Å². The number of carbonyl (C=O) groups excluding carboxylic acids is 2. The molecule has 1 unspecified atom stereocenters. The van der Waals surface area contributed by atoms with Crippen LogP contribution in [0.15, 0.2) is 66.7 Å². The van der Waals surface area contributed by atoms with Crippen molar-refractivity contribution in [1.29, 1.82) is 0 Å². The fourth-order valence-electron chi connectivity index (χ4n) is 3.48. The average Bonchev–Trinajstić information content (AvgIpc) is 3.16. The summed E-state index contributed by atoms with van der Waals surface area (Å²) in [7, 11) is 0. The molecule has 1 N–H and O–H groups in total. The highest BCUT2D eigenvalue weighted by Gasteiger charge is 2.36. The second kappa shape index (κ2) is 8.80. The number of hydrogen-bond acceptors (Lipinski definition) is 5. The first-order valence-corrected chi connectivity index (χ1v) is 10.7. The Labute approximate surface area is 187 Å². The largest absolute Gasteiger partial charge is 0.322 e. The highest BCUT2D eigenvalue weighted by Crippen LogP contribution is 2.45. The summed E-state index contributed by atoms with van der Waals surface area (Å²) in [6, 6.07) is 16.9. The molecule has 1 aliphatic heterocycles. The number of anilines is 2. The van der Waals surface area contributed by atoms with Crippen LogP contribution in [-0.4, -0.2) is 22.5 Å². The number of carbonyl (C=O) groups is 2. The van der Waals surface area contributed by atoms with Crippen molar-refractivity contribution in [3.05, 3.63) is 99.4 Å².